The molecule has 4 heteroatoms. The van der Waals surface area contributed by atoms with Gasteiger partial charge in [-0.25, -0.2) is 9.97 Å². The van der Waals surface area contributed by atoms with Gasteiger partial charge in [-0.15, -0.1) is 0 Å². The third-order valence-corrected chi connectivity index (χ3v) is 5.23. The first-order chi connectivity index (χ1) is 10.1. The van der Waals surface area contributed by atoms with E-state index < -0.39 is 0 Å². The monoisotopic (exact) mass is 289 g/mol. The second-order valence-corrected chi connectivity index (χ2v) is 6.91. The summed E-state index contributed by atoms with van der Waals surface area (Å²) in [5, 5.41) is 3.68. The lowest BCUT2D eigenvalue weighted by atomic mass is 9.64. The van der Waals surface area contributed by atoms with Gasteiger partial charge in [-0.2, -0.15) is 0 Å². The van der Waals surface area contributed by atoms with Gasteiger partial charge in [-0.3, -0.25) is 0 Å². The van der Waals surface area contributed by atoms with Crippen molar-refractivity contribution >= 4 is 5.82 Å². The largest absolute Gasteiger partial charge is 0.378 e. The molecule has 1 heterocycles. The Morgan fingerprint density at radius 3 is 2.81 bits per heavy atom. The second-order valence-electron chi connectivity index (χ2n) is 6.91. The van der Waals surface area contributed by atoms with E-state index >= 15 is 0 Å². The van der Waals surface area contributed by atoms with Crippen molar-refractivity contribution in [1.29, 1.82) is 0 Å². The van der Waals surface area contributed by atoms with Crippen molar-refractivity contribution in [3.63, 3.8) is 0 Å². The molecule has 0 aromatic carbocycles. The van der Waals surface area contributed by atoms with Crippen molar-refractivity contribution in [2.45, 2.75) is 71.4 Å². The SMILES string of the molecule is CCOC1CC(Nc2ncnc3c2CCCCC3)C1(C)C. The number of ether oxygens (including phenoxy) is 1. The van der Waals surface area contributed by atoms with Crippen LogP contribution in [0.5, 0.6) is 0 Å². The molecule has 4 nitrogen and oxygen atoms in total. The fraction of sp³-hybridized carbons (Fsp3) is 0.765. The summed E-state index contributed by atoms with van der Waals surface area (Å²) in [6, 6.07) is 0.441. The van der Waals surface area contributed by atoms with Crippen molar-refractivity contribution in [3.8, 4) is 0 Å². The summed E-state index contributed by atoms with van der Waals surface area (Å²) < 4.78 is 5.82. The maximum absolute atomic E-state index is 5.82. The minimum absolute atomic E-state index is 0.165. The maximum Gasteiger partial charge on any atom is 0.133 e. The molecule has 0 radical (unpaired) electrons. The van der Waals surface area contributed by atoms with Crippen LogP contribution in [0.15, 0.2) is 6.33 Å². The Balaban J connectivity index is 1.74. The molecule has 0 saturated heterocycles. The molecule has 1 aromatic rings. The van der Waals surface area contributed by atoms with Crippen molar-refractivity contribution in [2.24, 2.45) is 5.41 Å². The molecule has 3 rings (SSSR count). The van der Waals surface area contributed by atoms with Gasteiger partial charge in [-0.05, 0) is 39.0 Å². The van der Waals surface area contributed by atoms with Crippen LogP contribution in [0.4, 0.5) is 5.82 Å². The van der Waals surface area contributed by atoms with Crippen molar-refractivity contribution in [2.75, 3.05) is 11.9 Å². The molecule has 0 aliphatic heterocycles. The standard InChI is InChI=1S/C17H27N3O/c1-4-21-15-10-14(17(15,2)3)20-16-12-8-6-5-7-9-13(12)18-11-19-16/h11,14-15H,4-10H2,1-3H3,(H,18,19,20). The number of nitrogens with zero attached hydrogens (tertiary/aromatic N) is 2. The van der Waals surface area contributed by atoms with E-state index in [1.807, 2.05) is 0 Å². The Bertz CT molecular complexity index is 501. The molecule has 2 aliphatic rings. The molecule has 1 fully saturated rings. The van der Waals surface area contributed by atoms with Crippen LogP contribution < -0.4 is 5.32 Å². The first-order valence-electron chi connectivity index (χ1n) is 8.33. The molecule has 0 spiro atoms. The van der Waals surface area contributed by atoms with Crippen LogP contribution in [0.2, 0.25) is 0 Å². The molecule has 1 N–H and O–H groups in total. The van der Waals surface area contributed by atoms with Gasteiger partial charge in [0.05, 0.1) is 6.10 Å². The third kappa shape index (κ3) is 2.78. The fourth-order valence-electron chi connectivity index (χ4n) is 3.60. The highest BCUT2D eigenvalue weighted by molar-refractivity contribution is 5.48. The summed E-state index contributed by atoms with van der Waals surface area (Å²) in [6.45, 7) is 7.44. The molecule has 2 unspecified atom stereocenters. The van der Waals surface area contributed by atoms with Gasteiger partial charge in [-0.1, -0.05) is 20.3 Å². The average Bonchev–Trinajstić information content (AvgIpc) is 2.72. The number of hydrogen-bond acceptors (Lipinski definition) is 4. The Hall–Kier alpha value is -1.16. The van der Waals surface area contributed by atoms with E-state index in [9.17, 15) is 0 Å². The van der Waals surface area contributed by atoms with Crippen molar-refractivity contribution < 1.29 is 4.74 Å². The maximum atomic E-state index is 5.82. The predicted octanol–water partition coefficient (Wildman–Crippen LogP) is 3.36. The van der Waals surface area contributed by atoms with Crippen LogP contribution in [0, 0.1) is 5.41 Å². The van der Waals surface area contributed by atoms with E-state index in [1.165, 1.54) is 30.5 Å². The van der Waals surface area contributed by atoms with Gasteiger partial charge in [0, 0.05) is 29.3 Å². The normalized spacial score (nSPS) is 27.4. The Labute approximate surface area is 127 Å². The molecule has 0 amide bonds. The van der Waals surface area contributed by atoms with E-state index in [4.69, 9.17) is 4.74 Å². The minimum atomic E-state index is 0.165. The summed E-state index contributed by atoms with van der Waals surface area (Å²) in [6.07, 6.45) is 9.17. The molecule has 0 bridgehead atoms. The lowest BCUT2D eigenvalue weighted by Gasteiger charge is -2.52. The van der Waals surface area contributed by atoms with Gasteiger partial charge < -0.3 is 10.1 Å². The van der Waals surface area contributed by atoms with Gasteiger partial charge in [0.2, 0.25) is 0 Å². The zero-order chi connectivity index (χ0) is 14.9. The van der Waals surface area contributed by atoms with Crippen LogP contribution in [0.25, 0.3) is 0 Å². The minimum Gasteiger partial charge on any atom is -0.378 e. The predicted molar refractivity (Wildman–Crippen MR) is 84.5 cm³/mol. The molecule has 21 heavy (non-hydrogen) atoms. The average molecular weight is 289 g/mol. The Morgan fingerprint density at radius 1 is 1.24 bits per heavy atom. The van der Waals surface area contributed by atoms with Gasteiger partial charge >= 0.3 is 0 Å². The highest BCUT2D eigenvalue weighted by Gasteiger charge is 2.49. The topological polar surface area (TPSA) is 47.0 Å². The molecule has 116 valence electrons. The van der Waals surface area contributed by atoms with Crippen LogP contribution in [-0.4, -0.2) is 28.7 Å². The first-order valence-corrected chi connectivity index (χ1v) is 8.33. The van der Waals surface area contributed by atoms with Crippen molar-refractivity contribution in [3.05, 3.63) is 17.6 Å². The van der Waals surface area contributed by atoms with E-state index in [1.54, 1.807) is 6.33 Å². The molecule has 1 aromatic heterocycles. The van der Waals surface area contributed by atoms with E-state index in [2.05, 4.69) is 36.1 Å². The Morgan fingerprint density at radius 2 is 2.05 bits per heavy atom. The van der Waals surface area contributed by atoms with Crippen LogP contribution in [0.3, 0.4) is 0 Å². The first kappa shape index (κ1) is 14.8. The van der Waals surface area contributed by atoms with Gasteiger partial charge in [0.15, 0.2) is 0 Å². The highest BCUT2D eigenvalue weighted by atomic mass is 16.5. The smallest absolute Gasteiger partial charge is 0.133 e. The zero-order valence-electron chi connectivity index (χ0n) is 13.5. The second kappa shape index (κ2) is 5.91. The quantitative estimate of drug-likeness (QED) is 0.863. The van der Waals surface area contributed by atoms with Crippen molar-refractivity contribution in [1.82, 2.24) is 9.97 Å². The summed E-state index contributed by atoms with van der Waals surface area (Å²) in [5.74, 6) is 1.06. The summed E-state index contributed by atoms with van der Waals surface area (Å²) in [7, 11) is 0. The van der Waals surface area contributed by atoms with Gasteiger partial charge in [0.1, 0.15) is 12.1 Å². The summed E-state index contributed by atoms with van der Waals surface area (Å²) >= 11 is 0. The third-order valence-electron chi connectivity index (χ3n) is 5.23. The lowest BCUT2D eigenvalue weighted by Crippen LogP contribution is -2.58. The number of hydrogen-bond donors (Lipinski definition) is 1. The number of anilines is 1. The number of rotatable bonds is 4. The molecule has 2 atom stereocenters. The fourth-order valence-corrected chi connectivity index (χ4v) is 3.60. The number of aryl methyl sites for hydroxylation is 1. The number of nitrogens with one attached hydrogen (secondary N) is 1. The molecular weight excluding hydrogens is 262 g/mol. The molecular formula is C17H27N3O. The van der Waals surface area contributed by atoms with E-state index in [0.717, 1.165) is 31.7 Å². The van der Waals surface area contributed by atoms with Crippen LogP contribution in [-0.2, 0) is 17.6 Å². The Kier molecular flexibility index (Phi) is 4.16. The van der Waals surface area contributed by atoms with Crippen LogP contribution in [0.1, 0.15) is 57.7 Å². The number of aromatic nitrogens is 2. The summed E-state index contributed by atoms with van der Waals surface area (Å²) in [4.78, 5) is 9.03. The summed E-state index contributed by atoms with van der Waals surface area (Å²) in [5.41, 5.74) is 2.77. The molecule has 2 aliphatic carbocycles. The van der Waals surface area contributed by atoms with Crippen LogP contribution >= 0.6 is 0 Å². The van der Waals surface area contributed by atoms with E-state index in [0.29, 0.717) is 12.1 Å². The lowest BCUT2D eigenvalue weighted by molar-refractivity contribution is -0.0976. The number of fused-ring (bicyclic) bond motifs is 1. The van der Waals surface area contributed by atoms with E-state index in [-0.39, 0.29) is 5.41 Å². The van der Waals surface area contributed by atoms with Gasteiger partial charge in [0.25, 0.3) is 0 Å². The highest BCUT2D eigenvalue weighted by Crippen LogP contribution is 2.44. The zero-order valence-corrected chi connectivity index (χ0v) is 13.5. The molecule has 1 saturated carbocycles.